The van der Waals surface area contributed by atoms with Gasteiger partial charge < -0.3 is 14.0 Å². The van der Waals surface area contributed by atoms with Crippen LogP contribution in [0, 0.1) is 0 Å². The van der Waals surface area contributed by atoms with E-state index >= 15 is 0 Å². The molecule has 0 N–H and O–H groups in total. The van der Waals surface area contributed by atoms with Gasteiger partial charge in [0.05, 0.1) is 6.04 Å². The standard InChI is InChI=1S/C21H23N3O3/c1-14(2)19-12-17(22-27-19)18-8-5-10-24(18)20(25)13-23-11-9-15-6-3-4-7-16(15)21(23)26/h3-4,6-7,9,11-12,14,18H,5,8,10,13H2,1-2H3/t18-/m0/s1. The first kappa shape index (κ1) is 17.5. The van der Waals surface area contributed by atoms with Crippen molar-refractivity contribution in [2.24, 2.45) is 0 Å². The van der Waals surface area contributed by atoms with Crippen molar-refractivity contribution in [3.63, 3.8) is 0 Å². The van der Waals surface area contributed by atoms with Crippen LogP contribution >= 0.6 is 0 Å². The molecule has 1 saturated heterocycles. The Morgan fingerprint density at radius 3 is 2.89 bits per heavy atom. The van der Waals surface area contributed by atoms with E-state index in [0.717, 1.165) is 29.7 Å². The molecular formula is C21H23N3O3. The maximum atomic E-state index is 12.9. The van der Waals surface area contributed by atoms with Crippen LogP contribution in [0.1, 0.15) is 50.1 Å². The Morgan fingerprint density at radius 1 is 1.30 bits per heavy atom. The molecule has 6 nitrogen and oxygen atoms in total. The predicted molar refractivity (Wildman–Crippen MR) is 102 cm³/mol. The summed E-state index contributed by atoms with van der Waals surface area (Å²) in [6.45, 7) is 4.81. The number of pyridine rings is 1. The van der Waals surface area contributed by atoms with Gasteiger partial charge >= 0.3 is 0 Å². The first-order chi connectivity index (χ1) is 13.0. The largest absolute Gasteiger partial charge is 0.361 e. The van der Waals surface area contributed by atoms with E-state index in [4.69, 9.17) is 4.52 Å². The SMILES string of the molecule is CC(C)c1cc([C@@H]2CCCN2C(=O)Cn2ccc3ccccc3c2=O)no1. The average molecular weight is 365 g/mol. The lowest BCUT2D eigenvalue weighted by Gasteiger charge is -2.23. The van der Waals surface area contributed by atoms with E-state index in [0.29, 0.717) is 11.9 Å². The van der Waals surface area contributed by atoms with Gasteiger partial charge in [0.25, 0.3) is 5.56 Å². The number of benzene rings is 1. The molecule has 140 valence electrons. The monoisotopic (exact) mass is 365 g/mol. The molecule has 1 amide bonds. The molecule has 0 spiro atoms. The van der Waals surface area contributed by atoms with E-state index in [1.165, 1.54) is 4.57 Å². The first-order valence-electron chi connectivity index (χ1n) is 9.39. The lowest BCUT2D eigenvalue weighted by Crippen LogP contribution is -2.36. The highest BCUT2D eigenvalue weighted by Crippen LogP contribution is 2.32. The summed E-state index contributed by atoms with van der Waals surface area (Å²) in [6, 6.07) is 11.2. The highest BCUT2D eigenvalue weighted by atomic mass is 16.5. The van der Waals surface area contributed by atoms with Crippen LogP contribution in [0.4, 0.5) is 0 Å². The minimum absolute atomic E-state index is 0.0368. The topological polar surface area (TPSA) is 68.3 Å². The van der Waals surface area contributed by atoms with Gasteiger partial charge in [0.2, 0.25) is 5.91 Å². The summed E-state index contributed by atoms with van der Waals surface area (Å²) in [6.07, 6.45) is 3.48. The molecule has 0 saturated carbocycles. The van der Waals surface area contributed by atoms with Crippen molar-refractivity contribution in [3.05, 3.63) is 64.4 Å². The van der Waals surface area contributed by atoms with Crippen molar-refractivity contribution in [1.29, 1.82) is 0 Å². The Labute approximate surface area is 157 Å². The Hall–Kier alpha value is -2.89. The van der Waals surface area contributed by atoms with E-state index in [9.17, 15) is 9.59 Å². The number of carbonyl (C=O) groups excluding carboxylic acids is 1. The Bertz CT molecular complexity index is 1030. The van der Waals surface area contributed by atoms with Gasteiger partial charge in [-0.1, -0.05) is 37.2 Å². The molecule has 1 atom stereocenters. The summed E-state index contributed by atoms with van der Waals surface area (Å²) < 4.78 is 6.90. The van der Waals surface area contributed by atoms with Gasteiger partial charge in [0.1, 0.15) is 18.0 Å². The van der Waals surface area contributed by atoms with E-state index in [-0.39, 0.29) is 30.0 Å². The van der Waals surface area contributed by atoms with Crippen LogP contribution in [0.15, 0.2) is 51.9 Å². The summed E-state index contributed by atoms with van der Waals surface area (Å²) in [5, 5.41) is 5.69. The van der Waals surface area contributed by atoms with Crippen LogP contribution < -0.4 is 5.56 Å². The molecule has 3 aromatic rings. The quantitative estimate of drug-likeness (QED) is 0.710. The Kier molecular flexibility index (Phi) is 4.56. The third-order valence-corrected chi connectivity index (χ3v) is 5.22. The van der Waals surface area contributed by atoms with E-state index in [2.05, 4.69) is 5.16 Å². The fraction of sp³-hybridized carbons (Fsp3) is 0.381. The summed E-state index contributed by atoms with van der Waals surface area (Å²) in [5.74, 6) is 1.02. The minimum atomic E-state index is -0.138. The fourth-order valence-corrected chi connectivity index (χ4v) is 3.70. The van der Waals surface area contributed by atoms with Gasteiger partial charge in [-0.2, -0.15) is 0 Å². The maximum absolute atomic E-state index is 12.9. The summed E-state index contributed by atoms with van der Waals surface area (Å²) >= 11 is 0. The maximum Gasteiger partial charge on any atom is 0.258 e. The smallest absolute Gasteiger partial charge is 0.258 e. The molecule has 0 radical (unpaired) electrons. The molecule has 1 fully saturated rings. The Balaban J connectivity index is 1.57. The molecule has 4 rings (SSSR count). The summed E-state index contributed by atoms with van der Waals surface area (Å²) in [4.78, 5) is 27.4. The van der Waals surface area contributed by atoms with Crippen LogP contribution in [-0.4, -0.2) is 27.1 Å². The highest BCUT2D eigenvalue weighted by molar-refractivity contribution is 5.82. The molecule has 3 heterocycles. The number of nitrogens with zero attached hydrogens (tertiary/aromatic N) is 3. The zero-order valence-corrected chi connectivity index (χ0v) is 15.6. The van der Waals surface area contributed by atoms with E-state index in [1.54, 1.807) is 12.3 Å². The number of hydrogen-bond acceptors (Lipinski definition) is 4. The third kappa shape index (κ3) is 3.27. The van der Waals surface area contributed by atoms with Crippen LogP contribution in [0.5, 0.6) is 0 Å². The number of rotatable bonds is 4. The van der Waals surface area contributed by atoms with E-state index < -0.39 is 0 Å². The molecule has 6 heteroatoms. The van der Waals surface area contributed by atoms with E-state index in [1.807, 2.05) is 49.1 Å². The lowest BCUT2D eigenvalue weighted by molar-refractivity contribution is -0.132. The van der Waals surface area contributed by atoms with Crippen molar-refractivity contribution in [2.45, 2.75) is 45.2 Å². The van der Waals surface area contributed by atoms with Gasteiger partial charge in [0.15, 0.2) is 0 Å². The summed E-state index contributed by atoms with van der Waals surface area (Å²) in [5.41, 5.74) is 0.663. The van der Waals surface area contributed by atoms with Crippen LogP contribution in [0.3, 0.4) is 0 Å². The van der Waals surface area contributed by atoms with Crippen LogP contribution in [0.2, 0.25) is 0 Å². The van der Waals surface area contributed by atoms with Crippen molar-refractivity contribution < 1.29 is 9.32 Å². The Morgan fingerprint density at radius 2 is 2.11 bits per heavy atom. The fourth-order valence-electron chi connectivity index (χ4n) is 3.70. The molecule has 0 bridgehead atoms. The molecule has 0 aliphatic carbocycles. The minimum Gasteiger partial charge on any atom is -0.361 e. The zero-order chi connectivity index (χ0) is 19.0. The lowest BCUT2D eigenvalue weighted by atomic mass is 10.1. The number of carbonyl (C=O) groups is 1. The average Bonchev–Trinajstić information content (AvgIpc) is 3.33. The molecule has 2 aromatic heterocycles. The number of likely N-dealkylation sites (tertiary alicyclic amines) is 1. The first-order valence-corrected chi connectivity index (χ1v) is 9.39. The molecule has 27 heavy (non-hydrogen) atoms. The van der Waals surface area contributed by atoms with Crippen molar-refractivity contribution in [1.82, 2.24) is 14.6 Å². The number of aromatic nitrogens is 2. The number of amides is 1. The van der Waals surface area contributed by atoms with Gasteiger partial charge in [-0.3, -0.25) is 9.59 Å². The second-order valence-corrected chi connectivity index (χ2v) is 7.39. The van der Waals surface area contributed by atoms with Gasteiger partial charge in [-0.05, 0) is 30.4 Å². The second-order valence-electron chi connectivity index (χ2n) is 7.39. The second kappa shape index (κ2) is 7.02. The van der Waals surface area contributed by atoms with Crippen molar-refractivity contribution >= 4 is 16.7 Å². The molecule has 0 unspecified atom stereocenters. The van der Waals surface area contributed by atoms with Gasteiger partial charge in [-0.15, -0.1) is 0 Å². The molecular weight excluding hydrogens is 342 g/mol. The highest BCUT2D eigenvalue weighted by Gasteiger charge is 2.32. The van der Waals surface area contributed by atoms with Crippen LogP contribution in [0.25, 0.3) is 10.8 Å². The van der Waals surface area contributed by atoms with Gasteiger partial charge in [0, 0.05) is 30.1 Å². The van der Waals surface area contributed by atoms with Crippen molar-refractivity contribution in [2.75, 3.05) is 6.54 Å². The normalized spacial score (nSPS) is 17.1. The number of hydrogen-bond donors (Lipinski definition) is 0. The summed E-state index contributed by atoms with van der Waals surface area (Å²) in [7, 11) is 0. The van der Waals surface area contributed by atoms with Gasteiger partial charge in [-0.25, -0.2) is 0 Å². The molecule has 1 aromatic carbocycles. The van der Waals surface area contributed by atoms with Crippen LogP contribution in [-0.2, 0) is 11.3 Å². The third-order valence-electron chi connectivity index (χ3n) is 5.22. The molecule has 1 aliphatic rings. The zero-order valence-electron chi connectivity index (χ0n) is 15.6. The molecule has 1 aliphatic heterocycles. The predicted octanol–water partition coefficient (Wildman–Crippen LogP) is 3.48. The van der Waals surface area contributed by atoms with Crippen molar-refractivity contribution in [3.8, 4) is 0 Å². The number of fused-ring (bicyclic) bond motifs is 1.